The number of carbonyl (C=O) groups is 3. The molecular weight excluding hydrogens is 272 g/mol. The van der Waals surface area contributed by atoms with Crippen LogP contribution in [0.5, 0.6) is 0 Å². The quantitative estimate of drug-likeness (QED) is 0.782. The second-order valence-electron chi connectivity index (χ2n) is 5.30. The maximum Gasteiger partial charge on any atom is 0.340 e. The molecule has 0 aromatic heterocycles. The number of nitrogens with zero attached hydrogens (tertiary/aromatic N) is 3. The van der Waals surface area contributed by atoms with E-state index < -0.39 is 23.5 Å². The molecule has 21 heavy (non-hydrogen) atoms. The Bertz CT molecular complexity index is 736. The van der Waals surface area contributed by atoms with Gasteiger partial charge in [0.05, 0.1) is 23.9 Å². The molecule has 0 bridgehead atoms. The van der Waals surface area contributed by atoms with Crippen molar-refractivity contribution >= 4 is 23.7 Å². The molecule has 5 amide bonds. The molecule has 7 heteroatoms. The number of nitrogens with one attached hydrogen (secondary N) is 1. The Hall–Kier alpha value is -2.88. The number of rotatable bonds is 1. The molecule has 1 unspecified atom stereocenters. The van der Waals surface area contributed by atoms with Crippen molar-refractivity contribution in [3.63, 3.8) is 0 Å². The maximum atomic E-state index is 12.5. The molecule has 2 aliphatic rings. The lowest BCUT2D eigenvalue weighted by Crippen LogP contribution is -2.45. The van der Waals surface area contributed by atoms with E-state index in [-0.39, 0.29) is 6.54 Å². The second-order valence-corrected chi connectivity index (χ2v) is 5.30. The third-order valence-corrected chi connectivity index (χ3v) is 3.92. The summed E-state index contributed by atoms with van der Waals surface area (Å²) in [6, 6.07) is 5.48. The summed E-state index contributed by atoms with van der Waals surface area (Å²) in [4.78, 5) is 38.6. The molecule has 0 aliphatic carbocycles. The van der Waals surface area contributed by atoms with Gasteiger partial charge in [-0.1, -0.05) is 0 Å². The Morgan fingerprint density at radius 1 is 1.33 bits per heavy atom. The van der Waals surface area contributed by atoms with E-state index in [0.717, 1.165) is 9.80 Å². The van der Waals surface area contributed by atoms with Crippen LogP contribution in [0.3, 0.4) is 0 Å². The fourth-order valence-corrected chi connectivity index (χ4v) is 2.67. The number of amides is 5. The number of hydrogen-bond donors (Lipinski definition) is 1. The van der Waals surface area contributed by atoms with Gasteiger partial charge < -0.3 is 5.32 Å². The predicted octanol–water partition coefficient (Wildman–Crippen LogP) is 1.12. The van der Waals surface area contributed by atoms with Crippen LogP contribution < -0.4 is 10.2 Å². The van der Waals surface area contributed by atoms with E-state index in [9.17, 15) is 14.4 Å². The lowest BCUT2D eigenvalue weighted by atomic mass is 10.0. The summed E-state index contributed by atoms with van der Waals surface area (Å²) in [5.74, 6) is -0.449. The standard InChI is InChI=1S/C14H12N4O3/c1-8-5-10(4-3-9(8)6-15)17-11(19)14(2)7-16-12(20)18(14)13(17)21/h3-5H,7H2,1-2H3,(H,16,20). The highest BCUT2D eigenvalue weighted by molar-refractivity contribution is 6.28. The van der Waals surface area contributed by atoms with Crippen LogP contribution in [0.15, 0.2) is 18.2 Å². The molecule has 1 atom stereocenters. The van der Waals surface area contributed by atoms with Crippen LogP contribution in [0, 0.1) is 18.3 Å². The van der Waals surface area contributed by atoms with E-state index in [4.69, 9.17) is 5.26 Å². The molecule has 2 fully saturated rings. The van der Waals surface area contributed by atoms with Crippen LogP contribution in [0.2, 0.25) is 0 Å². The number of fused-ring (bicyclic) bond motifs is 1. The lowest BCUT2D eigenvalue weighted by Gasteiger charge is -2.18. The van der Waals surface area contributed by atoms with Gasteiger partial charge in [-0.2, -0.15) is 5.26 Å². The molecule has 2 heterocycles. The number of anilines is 1. The Morgan fingerprint density at radius 2 is 2.05 bits per heavy atom. The first kappa shape index (κ1) is 13.1. The highest BCUT2D eigenvalue weighted by Crippen LogP contribution is 2.35. The minimum Gasteiger partial charge on any atom is -0.335 e. The number of hydrogen-bond acceptors (Lipinski definition) is 4. The molecule has 7 nitrogen and oxygen atoms in total. The highest BCUT2D eigenvalue weighted by atomic mass is 16.2. The first-order chi connectivity index (χ1) is 9.90. The van der Waals surface area contributed by atoms with Gasteiger partial charge in [0, 0.05) is 0 Å². The Morgan fingerprint density at radius 3 is 2.62 bits per heavy atom. The molecule has 0 saturated carbocycles. The number of carbonyl (C=O) groups excluding carboxylic acids is 3. The fraction of sp³-hybridized carbons (Fsp3) is 0.286. The molecule has 0 radical (unpaired) electrons. The van der Waals surface area contributed by atoms with Crippen molar-refractivity contribution in [1.82, 2.24) is 10.2 Å². The highest BCUT2D eigenvalue weighted by Gasteiger charge is 2.61. The van der Waals surface area contributed by atoms with Gasteiger partial charge in [-0.15, -0.1) is 0 Å². The smallest absolute Gasteiger partial charge is 0.335 e. The van der Waals surface area contributed by atoms with Crippen LogP contribution in [-0.2, 0) is 4.79 Å². The molecule has 1 aromatic carbocycles. The van der Waals surface area contributed by atoms with Crippen molar-refractivity contribution in [3.05, 3.63) is 29.3 Å². The van der Waals surface area contributed by atoms with Crippen molar-refractivity contribution in [1.29, 1.82) is 5.26 Å². The van der Waals surface area contributed by atoms with E-state index in [1.54, 1.807) is 26.0 Å². The van der Waals surface area contributed by atoms with Crippen LogP contribution in [0.25, 0.3) is 0 Å². The molecule has 1 aromatic rings. The van der Waals surface area contributed by atoms with Crippen LogP contribution in [-0.4, -0.2) is 35.0 Å². The van der Waals surface area contributed by atoms with E-state index in [1.165, 1.54) is 6.07 Å². The average molecular weight is 284 g/mol. The third-order valence-electron chi connectivity index (χ3n) is 3.92. The van der Waals surface area contributed by atoms with E-state index in [2.05, 4.69) is 5.32 Å². The summed E-state index contributed by atoms with van der Waals surface area (Å²) in [6.07, 6.45) is 0. The van der Waals surface area contributed by atoms with Crippen molar-refractivity contribution < 1.29 is 14.4 Å². The summed E-state index contributed by atoms with van der Waals surface area (Å²) >= 11 is 0. The van der Waals surface area contributed by atoms with Crippen LogP contribution in [0.4, 0.5) is 15.3 Å². The first-order valence-corrected chi connectivity index (χ1v) is 6.37. The molecule has 3 rings (SSSR count). The fourth-order valence-electron chi connectivity index (χ4n) is 2.67. The summed E-state index contributed by atoms with van der Waals surface area (Å²) < 4.78 is 0. The lowest BCUT2D eigenvalue weighted by molar-refractivity contribution is -0.122. The Labute approximate surface area is 120 Å². The maximum absolute atomic E-state index is 12.5. The minimum absolute atomic E-state index is 0.0994. The number of benzene rings is 1. The average Bonchev–Trinajstić information content (AvgIpc) is 2.85. The van der Waals surface area contributed by atoms with Gasteiger partial charge in [0.25, 0.3) is 5.91 Å². The van der Waals surface area contributed by atoms with Gasteiger partial charge >= 0.3 is 12.1 Å². The van der Waals surface area contributed by atoms with Gasteiger partial charge in [-0.3, -0.25) is 4.79 Å². The second kappa shape index (κ2) is 4.06. The number of nitriles is 1. The summed E-state index contributed by atoms with van der Waals surface area (Å²) in [7, 11) is 0. The topological polar surface area (TPSA) is 93.5 Å². The van der Waals surface area contributed by atoms with Gasteiger partial charge in [-0.25, -0.2) is 19.4 Å². The molecule has 0 spiro atoms. The minimum atomic E-state index is -1.18. The zero-order chi connectivity index (χ0) is 15.4. The van der Waals surface area contributed by atoms with Crippen LogP contribution >= 0.6 is 0 Å². The van der Waals surface area contributed by atoms with Crippen molar-refractivity contribution in [2.24, 2.45) is 0 Å². The molecule has 2 aliphatic heterocycles. The van der Waals surface area contributed by atoms with Crippen LogP contribution in [0.1, 0.15) is 18.1 Å². The zero-order valence-electron chi connectivity index (χ0n) is 11.5. The molecule has 2 saturated heterocycles. The van der Waals surface area contributed by atoms with Gasteiger partial charge in [0.1, 0.15) is 5.54 Å². The Balaban J connectivity index is 2.07. The number of aryl methyl sites for hydroxylation is 1. The van der Waals surface area contributed by atoms with Gasteiger partial charge in [0.2, 0.25) is 0 Å². The predicted molar refractivity (Wildman–Crippen MR) is 72.4 cm³/mol. The Kier molecular flexibility index (Phi) is 2.53. The molecule has 1 N–H and O–H groups in total. The van der Waals surface area contributed by atoms with E-state index >= 15 is 0 Å². The number of urea groups is 2. The summed E-state index contributed by atoms with van der Waals surface area (Å²) in [5, 5.41) is 11.4. The third kappa shape index (κ3) is 1.56. The van der Waals surface area contributed by atoms with E-state index in [0.29, 0.717) is 16.8 Å². The molecule has 106 valence electrons. The van der Waals surface area contributed by atoms with Crippen molar-refractivity contribution in [3.8, 4) is 6.07 Å². The number of imide groups is 2. The molecular formula is C14H12N4O3. The zero-order valence-corrected chi connectivity index (χ0v) is 11.5. The van der Waals surface area contributed by atoms with Gasteiger partial charge in [0.15, 0.2) is 0 Å². The monoisotopic (exact) mass is 284 g/mol. The normalized spacial score (nSPS) is 24.1. The summed E-state index contributed by atoms with van der Waals surface area (Å²) in [5.41, 5.74) is 0.320. The summed E-state index contributed by atoms with van der Waals surface area (Å²) in [6.45, 7) is 3.38. The van der Waals surface area contributed by atoms with Crippen molar-refractivity contribution in [2.75, 3.05) is 11.4 Å². The van der Waals surface area contributed by atoms with Crippen molar-refractivity contribution in [2.45, 2.75) is 19.4 Å². The van der Waals surface area contributed by atoms with Gasteiger partial charge in [-0.05, 0) is 37.6 Å². The SMILES string of the molecule is Cc1cc(N2C(=O)N3C(=O)NCC3(C)C2=O)ccc1C#N. The largest absolute Gasteiger partial charge is 0.340 e. The first-order valence-electron chi connectivity index (χ1n) is 6.37. The van der Waals surface area contributed by atoms with E-state index in [1.807, 2.05) is 6.07 Å².